The number of alkyl halides is 6. The summed E-state index contributed by atoms with van der Waals surface area (Å²) in [7, 11) is 0. The summed E-state index contributed by atoms with van der Waals surface area (Å²) in [6.45, 7) is 1.49. The third kappa shape index (κ3) is 3.17. The van der Waals surface area contributed by atoms with E-state index in [0.717, 1.165) is 18.2 Å². The van der Waals surface area contributed by atoms with Gasteiger partial charge in [-0.25, -0.2) is 0 Å². The molecule has 0 unspecified atom stereocenters. The number of aliphatic hydroxyl groups is 1. The zero-order valence-electron chi connectivity index (χ0n) is 13.0. The van der Waals surface area contributed by atoms with Gasteiger partial charge in [0, 0.05) is 11.6 Å². The number of rotatable bonds is 3. The number of halogens is 6. The monoisotopic (exact) mass is 376 g/mol. The van der Waals surface area contributed by atoms with Crippen molar-refractivity contribution in [1.82, 2.24) is 5.16 Å². The van der Waals surface area contributed by atoms with Gasteiger partial charge in [0.1, 0.15) is 11.5 Å². The van der Waals surface area contributed by atoms with Gasteiger partial charge in [-0.1, -0.05) is 29.4 Å². The molecule has 0 bridgehead atoms. The minimum Gasteiger partial charge on any atom is -0.369 e. The largest absolute Gasteiger partial charge is 0.430 e. The number of hydrogen-bond acceptors (Lipinski definition) is 4. The standard InChI is InChI=1S/C16H10F6N2O2/c1-9-13(12(24-26-9)3-2-8-23)10-4-6-11(7-5-10)14(25,15(17,18)19)16(20,21)22/h2-7,25H,1H3. The van der Waals surface area contributed by atoms with E-state index in [9.17, 15) is 31.4 Å². The molecule has 4 nitrogen and oxygen atoms in total. The lowest BCUT2D eigenvalue weighted by Crippen LogP contribution is -2.53. The Morgan fingerprint density at radius 1 is 1.08 bits per heavy atom. The molecular weight excluding hydrogens is 366 g/mol. The van der Waals surface area contributed by atoms with Crippen LogP contribution in [0.1, 0.15) is 17.0 Å². The molecule has 0 radical (unpaired) electrons. The van der Waals surface area contributed by atoms with Crippen molar-refractivity contribution in [2.24, 2.45) is 0 Å². The van der Waals surface area contributed by atoms with Gasteiger partial charge in [0.2, 0.25) is 0 Å². The Bertz CT molecular complexity index is 843. The van der Waals surface area contributed by atoms with Crippen molar-refractivity contribution in [2.75, 3.05) is 0 Å². The van der Waals surface area contributed by atoms with E-state index in [1.54, 1.807) is 6.07 Å². The van der Waals surface area contributed by atoms with Crippen molar-refractivity contribution in [3.05, 3.63) is 47.4 Å². The maximum atomic E-state index is 12.9. The molecule has 0 amide bonds. The highest BCUT2D eigenvalue weighted by Gasteiger charge is 2.71. The second-order valence-electron chi connectivity index (χ2n) is 5.24. The first-order valence-corrected chi connectivity index (χ1v) is 6.92. The van der Waals surface area contributed by atoms with E-state index in [-0.39, 0.29) is 17.0 Å². The molecule has 0 atom stereocenters. The third-order valence-corrected chi connectivity index (χ3v) is 3.62. The summed E-state index contributed by atoms with van der Waals surface area (Å²) in [5, 5.41) is 21.6. The van der Waals surface area contributed by atoms with Crippen molar-refractivity contribution in [3.8, 4) is 17.2 Å². The van der Waals surface area contributed by atoms with Crippen LogP contribution in [0, 0.1) is 18.3 Å². The van der Waals surface area contributed by atoms with Gasteiger partial charge < -0.3 is 9.63 Å². The predicted octanol–water partition coefficient (Wildman–Crippen LogP) is 4.50. The summed E-state index contributed by atoms with van der Waals surface area (Å²) >= 11 is 0. The van der Waals surface area contributed by atoms with Crippen molar-refractivity contribution in [2.45, 2.75) is 24.9 Å². The van der Waals surface area contributed by atoms with Gasteiger partial charge in [0.05, 0.1) is 11.6 Å². The Hall–Kier alpha value is -2.80. The van der Waals surface area contributed by atoms with Gasteiger partial charge >= 0.3 is 12.4 Å². The van der Waals surface area contributed by atoms with Crippen molar-refractivity contribution in [1.29, 1.82) is 5.26 Å². The summed E-state index contributed by atoms with van der Waals surface area (Å²) in [4.78, 5) is 0. The number of nitriles is 1. The smallest absolute Gasteiger partial charge is 0.369 e. The van der Waals surface area contributed by atoms with Gasteiger partial charge in [-0.3, -0.25) is 0 Å². The maximum absolute atomic E-state index is 12.9. The van der Waals surface area contributed by atoms with Crippen LogP contribution in [-0.4, -0.2) is 22.6 Å². The van der Waals surface area contributed by atoms with E-state index in [1.807, 2.05) is 0 Å². The van der Waals surface area contributed by atoms with E-state index in [1.165, 1.54) is 13.0 Å². The second kappa shape index (κ2) is 6.49. The molecule has 0 aliphatic heterocycles. The molecule has 138 valence electrons. The molecule has 0 spiro atoms. The highest BCUT2D eigenvalue weighted by Crippen LogP contribution is 2.50. The first kappa shape index (κ1) is 19.5. The van der Waals surface area contributed by atoms with E-state index in [4.69, 9.17) is 9.78 Å². The molecule has 1 heterocycles. The molecule has 2 aromatic rings. The number of aromatic nitrogens is 1. The summed E-state index contributed by atoms with van der Waals surface area (Å²) in [6.07, 6.45) is -9.55. The average Bonchev–Trinajstić information content (AvgIpc) is 2.91. The minimum atomic E-state index is -5.96. The van der Waals surface area contributed by atoms with Crippen LogP contribution in [0.2, 0.25) is 0 Å². The van der Waals surface area contributed by atoms with Crippen LogP contribution in [0.3, 0.4) is 0 Å². The molecule has 1 aromatic carbocycles. The highest BCUT2D eigenvalue weighted by atomic mass is 19.4. The average molecular weight is 376 g/mol. The fourth-order valence-electron chi connectivity index (χ4n) is 2.34. The van der Waals surface area contributed by atoms with Crippen molar-refractivity contribution in [3.63, 3.8) is 0 Å². The van der Waals surface area contributed by atoms with Gasteiger partial charge in [-0.15, -0.1) is 0 Å². The molecule has 10 heteroatoms. The molecule has 0 saturated carbocycles. The topological polar surface area (TPSA) is 70.0 Å². The molecule has 0 fully saturated rings. The number of allylic oxidation sites excluding steroid dienone is 1. The number of aryl methyl sites for hydroxylation is 1. The van der Waals surface area contributed by atoms with Crippen LogP contribution in [0.15, 0.2) is 34.9 Å². The lowest BCUT2D eigenvalue weighted by molar-refractivity contribution is -0.376. The molecule has 26 heavy (non-hydrogen) atoms. The van der Waals surface area contributed by atoms with Crippen LogP contribution < -0.4 is 0 Å². The predicted molar refractivity (Wildman–Crippen MR) is 77.3 cm³/mol. The molecule has 2 rings (SSSR count). The molecule has 1 N–H and O–H groups in total. The fourth-order valence-corrected chi connectivity index (χ4v) is 2.34. The SMILES string of the molecule is Cc1onc(C=CC#N)c1-c1ccc(C(O)(C(F)(F)F)C(F)(F)F)cc1. The Morgan fingerprint density at radius 2 is 1.62 bits per heavy atom. The molecule has 0 saturated heterocycles. The van der Waals surface area contributed by atoms with Crippen LogP contribution in [0.4, 0.5) is 26.3 Å². The van der Waals surface area contributed by atoms with Crippen LogP contribution >= 0.6 is 0 Å². The third-order valence-electron chi connectivity index (χ3n) is 3.62. The Morgan fingerprint density at radius 3 is 2.08 bits per heavy atom. The van der Waals surface area contributed by atoms with E-state index >= 15 is 0 Å². The molecule has 0 aliphatic rings. The number of benzene rings is 1. The van der Waals surface area contributed by atoms with Crippen LogP contribution in [0.5, 0.6) is 0 Å². The zero-order valence-corrected chi connectivity index (χ0v) is 13.0. The van der Waals surface area contributed by atoms with Crippen molar-refractivity contribution >= 4 is 6.08 Å². The first-order valence-electron chi connectivity index (χ1n) is 6.92. The second-order valence-corrected chi connectivity index (χ2v) is 5.24. The fraction of sp³-hybridized carbons (Fsp3) is 0.250. The number of hydrogen-bond donors (Lipinski definition) is 1. The van der Waals surface area contributed by atoms with E-state index in [0.29, 0.717) is 17.7 Å². The first-order chi connectivity index (χ1) is 11.9. The van der Waals surface area contributed by atoms with Gasteiger partial charge in [-0.2, -0.15) is 31.6 Å². The summed E-state index contributed by atoms with van der Waals surface area (Å²) < 4.78 is 82.3. The van der Waals surface area contributed by atoms with Crippen LogP contribution in [-0.2, 0) is 5.60 Å². The quantitative estimate of drug-likeness (QED) is 0.633. The summed E-state index contributed by atoms with van der Waals surface area (Å²) in [5.41, 5.74) is -5.68. The lowest BCUT2D eigenvalue weighted by atomic mass is 9.90. The Balaban J connectivity index is 2.55. The molecule has 0 aliphatic carbocycles. The maximum Gasteiger partial charge on any atom is 0.430 e. The minimum absolute atomic E-state index is 0.179. The van der Waals surface area contributed by atoms with E-state index in [2.05, 4.69) is 5.16 Å². The molecular formula is C16H10F6N2O2. The van der Waals surface area contributed by atoms with Gasteiger partial charge in [-0.05, 0) is 18.6 Å². The Labute approximate surface area is 142 Å². The Kier molecular flexibility index (Phi) is 4.88. The normalized spacial score (nSPS) is 13.2. The zero-order chi connectivity index (χ0) is 19.8. The van der Waals surface area contributed by atoms with E-state index < -0.39 is 23.5 Å². The van der Waals surface area contributed by atoms with Crippen molar-refractivity contribution < 1.29 is 36.0 Å². The number of nitrogens with zero attached hydrogens (tertiary/aromatic N) is 2. The highest BCUT2D eigenvalue weighted by molar-refractivity contribution is 5.75. The summed E-state index contributed by atoms with van der Waals surface area (Å²) in [5.74, 6) is 0.247. The van der Waals surface area contributed by atoms with Gasteiger partial charge in [0.15, 0.2) is 0 Å². The molecule has 1 aromatic heterocycles. The lowest BCUT2D eigenvalue weighted by Gasteiger charge is -2.32. The van der Waals surface area contributed by atoms with Crippen LogP contribution in [0.25, 0.3) is 17.2 Å². The van der Waals surface area contributed by atoms with Gasteiger partial charge in [0.25, 0.3) is 5.60 Å². The summed E-state index contributed by atoms with van der Waals surface area (Å²) in [6, 6.07) is 4.72.